The number of aliphatic hydroxyl groups excluding tert-OH is 1. The lowest BCUT2D eigenvalue weighted by Crippen LogP contribution is -2.31. The van der Waals surface area contributed by atoms with Gasteiger partial charge in [-0.05, 0) is 36.6 Å². The van der Waals surface area contributed by atoms with Gasteiger partial charge in [0.25, 0.3) is 5.91 Å². The maximum Gasteiger partial charge on any atom is 0.265 e. The monoisotopic (exact) mass is 305 g/mol. The van der Waals surface area contributed by atoms with Gasteiger partial charge in [-0.25, -0.2) is 0 Å². The number of carbonyl (C=O) groups excluding carboxylic acids is 1. The SMILES string of the molecule is CCC1CCCN(C(=O)c2sccc2C#CCCO)CC1. The molecular weight excluding hydrogens is 282 g/mol. The van der Waals surface area contributed by atoms with Crippen molar-refractivity contribution < 1.29 is 9.90 Å². The normalized spacial score (nSPS) is 18.8. The van der Waals surface area contributed by atoms with Crippen molar-refractivity contribution in [2.24, 2.45) is 5.92 Å². The van der Waals surface area contributed by atoms with E-state index in [1.165, 1.54) is 24.2 Å². The van der Waals surface area contributed by atoms with Crippen molar-refractivity contribution >= 4 is 17.2 Å². The highest BCUT2D eigenvalue weighted by Crippen LogP contribution is 2.24. The molecule has 0 radical (unpaired) electrons. The molecule has 0 bridgehead atoms. The number of hydrogen-bond donors (Lipinski definition) is 1. The molecule has 1 aromatic rings. The number of aliphatic hydroxyl groups is 1. The average molecular weight is 305 g/mol. The zero-order valence-corrected chi connectivity index (χ0v) is 13.4. The zero-order valence-electron chi connectivity index (χ0n) is 12.6. The zero-order chi connectivity index (χ0) is 15.1. The van der Waals surface area contributed by atoms with E-state index >= 15 is 0 Å². The van der Waals surface area contributed by atoms with E-state index in [0.717, 1.165) is 42.3 Å². The van der Waals surface area contributed by atoms with Gasteiger partial charge >= 0.3 is 0 Å². The number of thiophene rings is 1. The quantitative estimate of drug-likeness (QED) is 0.872. The van der Waals surface area contributed by atoms with Gasteiger partial charge < -0.3 is 10.0 Å². The molecular formula is C17H23NO2S. The van der Waals surface area contributed by atoms with Crippen LogP contribution in [-0.4, -0.2) is 35.6 Å². The van der Waals surface area contributed by atoms with Gasteiger partial charge in [-0.15, -0.1) is 11.3 Å². The lowest BCUT2D eigenvalue weighted by Gasteiger charge is -2.20. The van der Waals surface area contributed by atoms with E-state index in [4.69, 9.17) is 5.11 Å². The third kappa shape index (κ3) is 4.33. The van der Waals surface area contributed by atoms with Crippen LogP contribution in [0, 0.1) is 17.8 Å². The van der Waals surface area contributed by atoms with Crippen LogP contribution in [-0.2, 0) is 0 Å². The Labute approximate surface area is 131 Å². The molecule has 1 fully saturated rings. The minimum absolute atomic E-state index is 0.0605. The Bertz CT molecular complexity index is 526. The summed E-state index contributed by atoms with van der Waals surface area (Å²) in [5, 5.41) is 10.7. The van der Waals surface area contributed by atoms with Crippen LogP contribution in [0.25, 0.3) is 0 Å². The first-order valence-electron chi connectivity index (χ1n) is 7.72. The first-order chi connectivity index (χ1) is 10.3. The Balaban J connectivity index is 2.06. The number of nitrogens with zero attached hydrogens (tertiary/aromatic N) is 1. The van der Waals surface area contributed by atoms with Gasteiger partial charge in [0.2, 0.25) is 0 Å². The summed E-state index contributed by atoms with van der Waals surface area (Å²) in [6.07, 6.45) is 5.10. The standard InChI is InChI=1S/C17H23NO2S/c1-2-14-6-5-10-18(11-8-14)17(20)16-15(9-13-21-16)7-3-4-12-19/h9,13-14,19H,2,4-6,8,10-12H2,1H3. The van der Waals surface area contributed by atoms with Gasteiger partial charge in [0, 0.05) is 25.1 Å². The minimum atomic E-state index is 0.0605. The Morgan fingerprint density at radius 3 is 3.10 bits per heavy atom. The topological polar surface area (TPSA) is 40.5 Å². The highest BCUT2D eigenvalue weighted by molar-refractivity contribution is 7.12. The Hall–Kier alpha value is -1.31. The third-order valence-corrected chi connectivity index (χ3v) is 4.93. The molecule has 21 heavy (non-hydrogen) atoms. The van der Waals surface area contributed by atoms with Crippen molar-refractivity contribution in [1.82, 2.24) is 4.90 Å². The number of rotatable bonds is 3. The van der Waals surface area contributed by atoms with E-state index < -0.39 is 0 Å². The molecule has 114 valence electrons. The summed E-state index contributed by atoms with van der Waals surface area (Å²) in [6.45, 7) is 4.01. The molecule has 1 amide bonds. The van der Waals surface area contributed by atoms with Gasteiger partial charge in [0.15, 0.2) is 0 Å². The average Bonchev–Trinajstić information content (AvgIpc) is 2.83. The van der Waals surface area contributed by atoms with E-state index in [9.17, 15) is 4.79 Å². The van der Waals surface area contributed by atoms with Crippen molar-refractivity contribution in [1.29, 1.82) is 0 Å². The fourth-order valence-corrected chi connectivity index (χ4v) is 3.52. The van der Waals surface area contributed by atoms with Crippen LogP contribution in [0.5, 0.6) is 0 Å². The van der Waals surface area contributed by atoms with Crippen molar-refractivity contribution in [3.63, 3.8) is 0 Å². The molecule has 0 saturated carbocycles. The Morgan fingerprint density at radius 2 is 2.33 bits per heavy atom. The lowest BCUT2D eigenvalue weighted by molar-refractivity contribution is 0.0764. The van der Waals surface area contributed by atoms with Gasteiger partial charge in [0.05, 0.1) is 6.61 Å². The van der Waals surface area contributed by atoms with Gasteiger partial charge in [0.1, 0.15) is 4.88 Å². The molecule has 0 spiro atoms. The Morgan fingerprint density at radius 1 is 1.48 bits per heavy atom. The highest BCUT2D eigenvalue weighted by atomic mass is 32.1. The summed E-state index contributed by atoms with van der Waals surface area (Å²) in [4.78, 5) is 15.4. The molecule has 2 rings (SSSR count). The summed E-state index contributed by atoms with van der Waals surface area (Å²) < 4.78 is 0. The highest BCUT2D eigenvalue weighted by Gasteiger charge is 2.23. The summed E-state index contributed by atoms with van der Waals surface area (Å²) in [5.74, 6) is 6.78. The van der Waals surface area contributed by atoms with Crippen molar-refractivity contribution in [3.8, 4) is 11.8 Å². The van der Waals surface area contributed by atoms with E-state index in [0.29, 0.717) is 6.42 Å². The number of likely N-dealkylation sites (tertiary alicyclic amines) is 1. The van der Waals surface area contributed by atoms with Gasteiger partial charge in [-0.3, -0.25) is 4.79 Å². The first-order valence-corrected chi connectivity index (χ1v) is 8.60. The largest absolute Gasteiger partial charge is 0.395 e. The summed E-state index contributed by atoms with van der Waals surface area (Å²) in [5.41, 5.74) is 0.801. The second-order valence-electron chi connectivity index (χ2n) is 5.44. The van der Waals surface area contributed by atoms with Crippen LogP contribution in [0.1, 0.15) is 54.3 Å². The van der Waals surface area contributed by atoms with Crippen LogP contribution >= 0.6 is 11.3 Å². The molecule has 2 heterocycles. The molecule has 1 unspecified atom stereocenters. The molecule has 1 N–H and O–H groups in total. The predicted octanol–water partition coefficient (Wildman–Crippen LogP) is 3.13. The van der Waals surface area contributed by atoms with Crippen LogP contribution in [0.2, 0.25) is 0 Å². The molecule has 4 heteroatoms. The van der Waals surface area contributed by atoms with E-state index in [1.807, 2.05) is 16.3 Å². The molecule has 1 atom stereocenters. The number of carbonyl (C=O) groups is 1. The van der Waals surface area contributed by atoms with Crippen molar-refractivity contribution in [2.75, 3.05) is 19.7 Å². The Kier molecular flexibility index (Phi) is 6.28. The fourth-order valence-electron chi connectivity index (χ4n) is 2.71. The maximum atomic E-state index is 12.7. The third-order valence-electron chi connectivity index (χ3n) is 4.03. The number of hydrogen-bond acceptors (Lipinski definition) is 3. The number of amides is 1. The van der Waals surface area contributed by atoms with Crippen LogP contribution in [0.3, 0.4) is 0 Å². The summed E-state index contributed by atoms with van der Waals surface area (Å²) in [6, 6.07) is 1.90. The molecule has 1 aromatic heterocycles. The van der Waals surface area contributed by atoms with Crippen LogP contribution in [0.4, 0.5) is 0 Å². The molecule has 3 nitrogen and oxygen atoms in total. The molecule has 1 aliphatic heterocycles. The molecule has 0 aliphatic carbocycles. The molecule has 1 aliphatic rings. The molecule has 1 saturated heterocycles. The fraction of sp³-hybridized carbons (Fsp3) is 0.588. The van der Waals surface area contributed by atoms with Crippen molar-refractivity contribution in [2.45, 2.75) is 39.0 Å². The summed E-state index contributed by atoms with van der Waals surface area (Å²) in [7, 11) is 0. The lowest BCUT2D eigenvalue weighted by atomic mass is 9.98. The first kappa shape index (κ1) is 16.1. The van der Waals surface area contributed by atoms with Gasteiger partial charge in [-0.1, -0.05) is 25.2 Å². The van der Waals surface area contributed by atoms with Gasteiger partial charge in [-0.2, -0.15) is 0 Å². The van der Waals surface area contributed by atoms with E-state index in [2.05, 4.69) is 18.8 Å². The van der Waals surface area contributed by atoms with Crippen molar-refractivity contribution in [3.05, 3.63) is 21.9 Å². The molecule has 0 aromatic carbocycles. The maximum absolute atomic E-state index is 12.7. The second kappa shape index (κ2) is 8.21. The van der Waals surface area contributed by atoms with Crippen LogP contribution in [0.15, 0.2) is 11.4 Å². The minimum Gasteiger partial charge on any atom is -0.395 e. The van der Waals surface area contributed by atoms with E-state index in [1.54, 1.807) is 0 Å². The smallest absolute Gasteiger partial charge is 0.265 e. The van der Waals surface area contributed by atoms with E-state index in [-0.39, 0.29) is 12.5 Å². The van der Waals surface area contributed by atoms with Crippen LogP contribution < -0.4 is 0 Å². The summed E-state index contributed by atoms with van der Waals surface area (Å²) >= 11 is 1.47. The second-order valence-corrected chi connectivity index (χ2v) is 6.35. The predicted molar refractivity (Wildman–Crippen MR) is 86.4 cm³/mol.